The Morgan fingerprint density at radius 3 is 2.80 bits per heavy atom. The number of nitrogens with zero attached hydrogens (tertiary/aromatic N) is 2. The molecule has 3 aromatic rings. The van der Waals surface area contributed by atoms with Crippen LogP contribution < -0.4 is 0 Å². The minimum absolute atomic E-state index is 0.107. The number of carbonyl (C=O) groups is 2. The number of fused-ring (bicyclic) bond motifs is 4. The van der Waals surface area contributed by atoms with Crippen LogP contribution >= 0.6 is 27.5 Å². The van der Waals surface area contributed by atoms with E-state index in [2.05, 4.69) is 20.9 Å². The van der Waals surface area contributed by atoms with Crippen LogP contribution in [0.2, 0.25) is 5.02 Å². The second-order valence-corrected chi connectivity index (χ2v) is 9.18. The summed E-state index contributed by atoms with van der Waals surface area (Å²) in [6, 6.07) is 11.6. The minimum Gasteiger partial charge on any atom is -0.508 e. The molecule has 154 valence electrons. The van der Waals surface area contributed by atoms with Gasteiger partial charge in [-0.1, -0.05) is 39.7 Å². The highest BCUT2D eigenvalue weighted by molar-refractivity contribution is 9.09. The molecule has 8 heteroatoms. The molecule has 2 N–H and O–H groups in total. The maximum atomic E-state index is 13.4. The number of urea groups is 1. The molecular formula is C22H19BrClN3O3. The Balaban J connectivity index is 1.79. The van der Waals surface area contributed by atoms with E-state index in [0.717, 1.165) is 27.7 Å². The van der Waals surface area contributed by atoms with Crippen LogP contribution in [0.25, 0.3) is 10.9 Å². The Hall–Kier alpha value is -2.51. The van der Waals surface area contributed by atoms with Crippen molar-refractivity contribution in [3.05, 3.63) is 64.3 Å². The third-order valence-electron chi connectivity index (χ3n) is 6.12. The van der Waals surface area contributed by atoms with Gasteiger partial charge in [-0.3, -0.25) is 14.6 Å². The molecule has 3 amide bonds. The van der Waals surface area contributed by atoms with Crippen molar-refractivity contribution in [2.75, 3.05) is 11.9 Å². The highest BCUT2D eigenvalue weighted by Crippen LogP contribution is 2.49. The largest absolute Gasteiger partial charge is 0.508 e. The molecule has 2 atom stereocenters. The van der Waals surface area contributed by atoms with Gasteiger partial charge in [-0.05, 0) is 48.4 Å². The molecule has 0 bridgehead atoms. The molecule has 1 aromatic heterocycles. The van der Waals surface area contributed by atoms with Gasteiger partial charge in [0, 0.05) is 39.9 Å². The number of rotatable bonds is 3. The Morgan fingerprint density at radius 1 is 1.27 bits per heavy atom. The molecule has 30 heavy (non-hydrogen) atoms. The molecule has 1 saturated heterocycles. The summed E-state index contributed by atoms with van der Waals surface area (Å²) in [6.07, 6.45) is 0.390. The lowest BCUT2D eigenvalue weighted by molar-refractivity contribution is -0.133. The number of aromatic amines is 1. The van der Waals surface area contributed by atoms with E-state index in [1.54, 1.807) is 23.1 Å². The van der Waals surface area contributed by atoms with E-state index >= 15 is 0 Å². The quantitative estimate of drug-likeness (QED) is 0.418. The second kappa shape index (κ2) is 6.75. The van der Waals surface area contributed by atoms with Crippen molar-refractivity contribution >= 4 is 50.4 Å². The van der Waals surface area contributed by atoms with Crippen LogP contribution in [0.3, 0.4) is 0 Å². The molecule has 0 aliphatic carbocycles. The summed E-state index contributed by atoms with van der Waals surface area (Å²) in [5.41, 5.74) is 2.43. The molecule has 0 radical (unpaired) electrons. The third-order valence-corrected chi connectivity index (χ3v) is 6.71. The maximum Gasteiger partial charge on any atom is 0.328 e. The predicted octanol–water partition coefficient (Wildman–Crippen LogP) is 4.59. The zero-order valence-electron chi connectivity index (χ0n) is 16.2. The van der Waals surface area contributed by atoms with Crippen LogP contribution in [0.15, 0.2) is 42.5 Å². The van der Waals surface area contributed by atoms with Gasteiger partial charge in [-0.2, -0.15) is 0 Å². The van der Waals surface area contributed by atoms with Gasteiger partial charge in [0.05, 0.1) is 0 Å². The topological polar surface area (TPSA) is 76.6 Å². The number of hydrogen-bond acceptors (Lipinski definition) is 3. The zero-order valence-corrected chi connectivity index (χ0v) is 18.5. The minimum atomic E-state index is -1.03. The monoisotopic (exact) mass is 487 g/mol. The molecule has 0 spiro atoms. The fourth-order valence-electron chi connectivity index (χ4n) is 4.81. The predicted molar refractivity (Wildman–Crippen MR) is 118 cm³/mol. The van der Waals surface area contributed by atoms with Crippen molar-refractivity contribution in [1.82, 2.24) is 14.8 Å². The third kappa shape index (κ3) is 2.61. The average Bonchev–Trinajstić information content (AvgIpc) is 3.15. The number of imide groups is 1. The summed E-state index contributed by atoms with van der Waals surface area (Å²) in [7, 11) is 0. The van der Waals surface area contributed by atoms with Crippen LogP contribution in [-0.4, -0.2) is 49.2 Å². The van der Waals surface area contributed by atoms with Gasteiger partial charge in [-0.25, -0.2) is 4.79 Å². The first-order valence-corrected chi connectivity index (χ1v) is 11.2. The number of carbonyl (C=O) groups excluding carboxylic acids is 2. The Labute approximate surface area is 186 Å². The lowest BCUT2D eigenvalue weighted by Gasteiger charge is -2.42. The number of aromatic hydroxyl groups is 1. The first-order valence-electron chi connectivity index (χ1n) is 9.65. The molecular weight excluding hydrogens is 470 g/mol. The lowest BCUT2D eigenvalue weighted by Crippen LogP contribution is -2.53. The summed E-state index contributed by atoms with van der Waals surface area (Å²) in [6.45, 7) is 2.13. The molecule has 2 aliphatic rings. The number of hydrogen-bond donors (Lipinski definition) is 2. The zero-order chi connectivity index (χ0) is 21.2. The van der Waals surface area contributed by atoms with E-state index in [9.17, 15) is 14.7 Å². The Bertz CT molecular complexity index is 1210. The van der Waals surface area contributed by atoms with E-state index in [1.165, 1.54) is 4.90 Å². The SMILES string of the molecule is C[C@@]12Cc3c([nH]c4ccc(Cl)cc34)[C@@H](c3cccc(O)c3)N1C(=O)N(CCBr)C2=O. The number of H-pyrrole nitrogens is 1. The van der Waals surface area contributed by atoms with E-state index in [-0.39, 0.29) is 17.7 Å². The highest BCUT2D eigenvalue weighted by Gasteiger charge is 2.59. The summed E-state index contributed by atoms with van der Waals surface area (Å²) in [4.78, 5) is 33.2. The highest BCUT2D eigenvalue weighted by atomic mass is 79.9. The van der Waals surface area contributed by atoms with E-state index in [0.29, 0.717) is 23.3 Å². The Morgan fingerprint density at radius 2 is 2.07 bits per heavy atom. The van der Waals surface area contributed by atoms with Crippen LogP contribution in [0.4, 0.5) is 4.79 Å². The number of nitrogens with one attached hydrogen (secondary N) is 1. The standard InChI is InChI=1S/C22H19BrClN3O3/c1-22-11-16-15-10-13(24)5-6-17(15)25-18(16)19(12-3-2-4-14(28)9-12)27(22)21(30)26(8-7-23)20(22)29/h2-6,9-10,19,25,28H,7-8,11H2,1H3/t19-,22+/m1/s1. The Kier molecular flexibility index (Phi) is 4.38. The van der Waals surface area contributed by atoms with Crippen molar-refractivity contribution in [3.63, 3.8) is 0 Å². The number of phenolic OH excluding ortho intramolecular Hbond substituents is 1. The van der Waals surface area contributed by atoms with E-state index < -0.39 is 11.6 Å². The molecule has 5 rings (SSSR count). The normalized spacial score (nSPS) is 23.2. The van der Waals surface area contributed by atoms with Crippen LogP contribution in [0.1, 0.15) is 29.8 Å². The number of aromatic nitrogens is 1. The summed E-state index contributed by atoms with van der Waals surface area (Å²) in [5, 5.41) is 12.2. The van der Waals surface area contributed by atoms with Crippen molar-refractivity contribution < 1.29 is 14.7 Å². The lowest BCUT2D eigenvalue weighted by atomic mass is 9.81. The molecule has 3 heterocycles. The molecule has 0 saturated carbocycles. The number of benzene rings is 2. The van der Waals surface area contributed by atoms with Crippen molar-refractivity contribution in [2.45, 2.75) is 24.9 Å². The van der Waals surface area contributed by atoms with Crippen LogP contribution in [0, 0.1) is 0 Å². The number of amides is 3. The fraction of sp³-hybridized carbons (Fsp3) is 0.273. The summed E-state index contributed by atoms with van der Waals surface area (Å²) >= 11 is 9.61. The van der Waals surface area contributed by atoms with Gasteiger partial charge in [-0.15, -0.1) is 0 Å². The van der Waals surface area contributed by atoms with E-state index in [1.807, 2.05) is 31.2 Å². The number of alkyl halides is 1. The molecule has 2 aromatic carbocycles. The van der Waals surface area contributed by atoms with Crippen molar-refractivity contribution in [3.8, 4) is 5.75 Å². The first kappa shape index (κ1) is 19.5. The van der Waals surface area contributed by atoms with Crippen molar-refractivity contribution in [1.29, 1.82) is 0 Å². The van der Waals surface area contributed by atoms with Gasteiger partial charge in [0.2, 0.25) is 0 Å². The smallest absolute Gasteiger partial charge is 0.328 e. The molecule has 6 nitrogen and oxygen atoms in total. The summed E-state index contributed by atoms with van der Waals surface area (Å²) in [5.74, 6) is -0.102. The fourth-order valence-corrected chi connectivity index (χ4v) is 5.33. The van der Waals surface area contributed by atoms with E-state index in [4.69, 9.17) is 11.6 Å². The second-order valence-electron chi connectivity index (χ2n) is 7.95. The van der Waals surface area contributed by atoms with Crippen LogP contribution in [0.5, 0.6) is 5.75 Å². The van der Waals surface area contributed by atoms with Gasteiger partial charge in [0.1, 0.15) is 17.3 Å². The first-order chi connectivity index (χ1) is 14.3. The van der Waals surface area contributed by atoms with Gasteiger partial charge in [0.25, 0.3) is 5.91 Å². The summed E-state index contributed by atoms with van der Waals surface area (Å²) < 4.78 is 0. The van der Waals surface area contributed by atoms with Crippen molar-refractivity contribution in [2.24, 2.45) is 0 Å². The van der Waals surface area contributed by atoms with Gasteiger partial charge in [0.15, 0.2) is 0 Å². The van der Waals surface area contributed by atoms with Gasteiger partial charge >= 0.3 is 6.03 Å². The van der Waals surface area contributed by atoms with Crippen LogP contribution in [-0.2, 0) is 11.2 Å². The molecule has 2 aliphatic heterocycles. The number of phenols is 1. The average molecular weight is 489 g/mol. The molecule has 0 unspecified atom stereocenters. The maximum absolute atomic E-state index is 13.4. The van der Waals surface area contributed by atoms with Gasteiger partial charge < -0.3 is 10.1 Å². The molecule has 1 fully saturated rings. The number of halogens is 2.